The van der Waals surface area contributed by atoms with Crippen LogP contribution < -0.4 is 0 Å². The smallest absolute Gasteiger partial charge is 0.306 e. The molecule has 120 valence electrons. The summed E-state index contributed by atoms with van der Waals surface area (Å²) in [6.07, 6.45) is 6.27. The van der Waals surface area contributed by atoms with Crippen molar-refractivity contribution in [3.05, 3.63) is 53.1 Å². The molecule has 0 bridgehead atoms. The molecular formula is C21H24O2. The van der Waals surface area contributed by atoms with Gasteiger partial charge in [-0.25, -0.2) is 0 Å². The van der Waals surface area contributed by atoms with Gasteiger partial charge in [-0.05, 0) is 40.3 Å². The van der Waals surface area contributed by atoms with E-state index in [1.54, 1.807) is 0 Å². The predicted octanol–water partition coefficient (Wildman–Crippen LogP) is 5.76. The van der Waals surface area contributed by atoms with Gasteiger partial charge in [0.05, 0.1) is 0 Å². The number of hydrogen-bond donors (Lipinski definition) is 0. The summed E-state index contributed by atoms with van der Waals surface area (Å²) in [5.41, 5.74) is 3.72. The fourth-order valence-corrected chi connectivity index (χ4v) is 3.28. The van der Waals surface area contributed by atoms with Crippen LogP contribution in [0.25, 0.3) is 16.8 Å². The van der Waals surface area contributed by atoms with Crippen LogP contribution in [0, 0.1) is 0 Å². The molecule has 1 unspecified atom stereocenters. The maximum atomic E-state index is 12.0. The Morgan fingerprint density at radius 3 is 2.78 bits per heavy atom. The van der Waals surface area contributed by atoms with Crippen molar-refractivity contribution in [3.8, 4) is 0 Å². The molecule has 1 atom stereocenters. The first-order chi connectivity index (χ1) is 11.1. The molecule has 2 aromatic rings. The average molecular weight is 308 g/mol. The van der Waals surface area contributed by atoms with E-state index < -0.39 is 0 Å². The van der Waals surface area contributed by atoms with Crippen molar-refractivity contribution in [2.24, 2.45) is 0 Å². The predicted molar refractivity (Wildman–Crippen MR) is 95.4 cm³/mol. The van der Waals surface area contributed by atoms with Crippen LogP contribution in [-0.4, -0.2) is 5.97 Å². The van der Waals surface area contributed by atoms with Gasteiger partial charge in [0.1, 0.15) is 6.10 Å². The summed E-state index contributed by atoms with van der Waals surface area (Å²) in [5, 5.41) is 2.44. The van der Waals surface area contributed by atoms with Crippen molar-refractivity contribution >= 4 is 22.8 Å². The van der Waals surface area contributed by atoms with Gasteiger partial charge in [0.15, 0.2) is 0 Å². The van der Waals surface area contributed by atoms with E-state index in [0.29, 0.717) is 12.3 Å². The van der Waals surface area contributed by atoms with E-state index in [0.717, 1.165) is 18.4 Å². The SMILES string of the molecule is CCCCC(=O)OC1C=Cc2c(C(C)C)ccc3cccc1c23. The second kappa shape index (κ2) is 6.57. The summed E-state index contributed by atoms with van der Waals surface area (Å²) in [6, 6.07) is 10.6. The molecule has 2 aromatic carbocycles. The number of hydrogen-bond acceptors (Lipinski definition) is 2. The maximum absolute atomic E-state index is 12.0. The minimum absolute atomic E-state index is 0.109. The minimum Gasteiger partial charge on any atom is -0.453 e. The molecule has 0 aromatic heterocycles. The Hall–Kier alpha value is -2.09. The lowest BCUT2D eigenvalue weighted by Crippen LogP contribution is -2.12. The van der Waals surface area contributed by atoms with E-state index in [9.17, 15) is 4.79 Å². The molecule has 3 rings (SSSR count). The zero-order chi connectivity index (χ0) is 16.4. The second-order valence-electron chi connectivity index (χ2n) is 6.54. The molecule has 2 nitrogen and oxygen atoms in total. The van der Waals surface area contributed by atoms with Crippen LogP contribution in [0.4, 0.5) is 0 Å². The molecule has 0 saturated carbocycles. The number of ether oxygens (including phenoxy) is 1. The first-order valence-electron chi connectivity index (χ1n) is 8.55. The van der Waals surface area contributed by atoms with Crippen LogP contribution in [0.3, 0.4) is 0 Å². The molecular weight excluding hydrogens is 284 g/mol. The number of carbonyl (C=O) groups is 1. The molecule has 0 fully saturated rings. The van der Waals surface area contributed by atoms with Crippen LogP contribution in [0.2, 0.25) is 0 Å². The fourth-order valence-electron chi connectivity index (χ4n) is 3.28. The van der Waals surface area contributed by atoms with Gasteiger partial charge < -0.3 is 4.74 Å². The lowest BCUT2D eigenvalue weighted by molar-refractivity contribution is -0.147. The molecule has 2 heteroatoms. The van der Waals surface area contributed by atoms with Gasteiger partial charge in [-0.2, -0.15) is 0 Å². The molecule has 0 spiro atoms. The Balaban J connectivity index is 2.01. The van der Waals surface area contributed by atoms with Gasteiger partial charge in [-0.3, -0.25) is 4.79 Å². The van der Waals surface area contributed by atoms with Crippen LogP contribution in [0.15, 0.2) is 36.4 Å². The lowest BCUT2D eigenvalue weighted by Gasteiger charge is -2.24. The van der Waals surface area contributed by atoms with Crippen LogP contribution in [0.5, 0.6) is 0 Å². The summed E-state index contributed by atoms with van der Waals surface area (Å²) in [4.78, 5) is 12.0. The first kappa shape index (κ1) is 15.8. The Morgan fingerprint density at radius 1 is 1.22 bits per heavy atom. The molecule has 0 radical (unpaired) electrons. The third-order valence-corrected chi connectivity index (χ3v) is 4.51. The summed E-state index contributed by atoms with van der Waals surface area (Å²) in [6.45, 7) is 6.51. The molecule has 1 aliphatic rings. The van der Waals surface area contributed by atoms with Gasteiger partial charge in [-0.1, -0.05) is 63.6 Å². The van der Waals surface area contributed by atoms with Crippen LogP contribution in [0.1, 0.15) is 68.7 Å². The molecule has 23 heavy (non-hydrogen) atoms. The lowest BCUT2D eigenvalue weighted by atomic mass is 9.85. The molecule has 0 aliphatic heterocycles. The highest BCUT2D eigenvalue weighted by atomic mass is 16.5. The van der Waals surface area contributed by atoms with Crippen molar-refractivity contribution < 1.29 is 9.53 Å². The number of rotatable bonds is 5. The number of esters is 1. The zero-order valence-corrected chi connectivity index (χ0v) is 14.1. The van der Waals surface area contributed by atoms with E-state index in [1.165, 1.54) is 21.9 Å². The largest absolute Gasteiger partial charge is 0.453 e. The topological polar surface area (TPSA) is 26.3 Å². The van der Waals surface area contributed by atoms with Gasteiger partial charge in [-0.15, -0.1) is 0 Å². The Bertz CT molecular complexity index is 756. The molecule has 1 aliphatic carbocycles. The molecule has 0 heterocycles. The summed E-state index contributed by atoms with van der Waals surface area (Å²) in [5.74, 6) is 0.359. The minimum atomic E-state index is -0.266. The van der Waals surface area contributed by atoms with E-state index in [1.807, 2.05) is 12.1 Å². The summed E-state index contributed by atoms with van der Waals surface area (Å²) in [7, 11) is 0. The first-order valence-corrected chi connectivity index (χ1v) is 8.55. The Morgan fingerprint density at radius 2 is 2.04 bits per heavy atom. The Kier molecular flexibility index (Phi) is 4.51. The molecule has 0 amide bonds. The molecule has 0 N–H and O–H groups in total. The number of benzene rings is 2. The van der Waals surface area contributed by atoms with Crippen LogP contribution >= 0.6 is 0 Å². The van der Waals surface area contributed by atoms with Gasteiger partial charge in [0, 0.05) is 12.0 Å². The summed E-state index contributed by atoms with van der Waals surface area (Å²) < 4.78 is 5.72. The molecule has 0 saturated heterocycles. The maximum Gasteiger partial charge on any atom is 0.306 e. The van der Waals surface area contributed by atoms with E-state index in [-0.39, 0.29) is 12.1 Å². The highest BCUT2D eigenvalue weighted by Crippen LogP contribution is 2.39. The van der Waals surface area contributed by atoms with Gasteiger partial charge in [0.25, 0.3) is 0 Å². The number of carbonyl (C=O) groups excluding carboxylic acids is 1. The van der Waals surface area contributed by atoms with E-state index >= 15 is 0 Å². The third-order valence-electron chi connectivity index (χ3n) is 4.51. The van der Waals surface area contributed by atoms with Crippen molar-refractivity contribution in [1.29, 1.82) is 0 Å². The Labute approximate surface area is 138 Å². The van der Waals surface area contributed by atoms with Gasteiger partial charge in [0.2, 0.25) is 0 Å². The fraction of sp³-hybridized carbons (Fsp3) is 0.381. The van der Waals surface area contributed by atoms with E-state index in [2.05, 4.69) is 51.1 Å². The van der Waals surface area contributed by atoms with Crippen molar-refractivity contribution in [2.75, 3.05) is 0 Å². The highest BCUT2D eigenvalue weighted by Gasteiger charge is 2.22. The monoisotopic (exact) mass is 308 g/mol. The van der Waals surface area contributed by atoms with Gasteiger partial charge >= 0.3 is 5.97 Å². The second-order valence-corrected chi connectivity index (χ2v) is 6.54. The van der Waals surface area contributed by atoms with Crippen LogP contribution in [-0.2, 0) is 9.53 Å². The quantitative estimate of drug-likeness (QED) is 0.656. The standard InChI is InChI=1S/C21H24O2/c1-4-5-9-20(22)23-19-13-12-17-16(14(2)3)11-10-15-7-6-8-18(19)21(15)17/h6-8,10-14,19H,4-5,9H2,1-3H3. The zero-order valence-electron chi connectivity index (χ0n) is 14.1. The normalized spacial score (nSPS) is 16.1. The third kappa shape index (κ3) is 3.03. The van der Waals surface area contributed by atoms with E-state index in [4.69, 9.17) is 4.74 Å². The van der Waals surface area contributed by atoms with Crippen molar-refractivity contribution in [3.63, 3.8) is 0 Å². The number of unbranched alkanes of at least 4 members (excludes halogenated alkanes) is 1. The average Bonchev–Trinajstić information content (AvgIpc) is 2.55. The summed E-state index contributed by atoms with van der Waals surface area (Å²) >= 11 is 0. The highest BCUT2D eigenvalue weighted by molar-refractivity contribution is 5.97. The van der Waals surface area contributed by atoms with Crippen molar-refractivity contribution in [2.45, 2.75) is 52.1 Å². The van der Waals surface area contributed by atoms with Crippen molar-refractivity contribution in [1.82, 2.24) is 0 Å².